The topological polar surface area (TPSA) is 26.0 Å². The summed E-state index contributed by atoms with van der Waals surface area (Å²) in [5, 5.41) is 1.55. The Morgan fingerprint density at radius 3 is 2.37 bits per heavy atom. The highest BCUT2D eigenvalue weighted by Crippen LogP contribution is 2.25. The van der Waals surface area contributed by atoms with Crippen LogP contribution in [0.25, 0.3) is 0 Å². The van der Waals surface area contributed by atoms with Crippen molar-refractivity contribution >= 4 is 23.2 Å². The summed E-state index contributed by atoms with van der Waals surface area (Å²) in [6.07, 6.45) is 0.722. The molecule has 0 radical (unpaired) electrons. The summed E-state index contributed by atoms with van der Waals surface area (Å²) in [7, 11) is 0. The molecule has 1 atom stereocenters. The van der Waals surface area contributed by atoms with Gasteiger partial charge >= 0.3 is 0 Å². The molecule has 0 saturated carbocycles. The van der Waals surface area contributed by atoms with Crippen molar-refractivity contribution in [3.63, 3.8) is 0 Å². The third-order valence-corrected chi connectivity index (χ3v) is 4.03. The van der Waals surface area contributed by atoms with Crippen molar-refractivity contribution in [3.8, 4) is 0 Å². The second-order valence-electron chi connectivity index (χ2n) is 4.91. The third-order valence-electron chi connectivity index (χ3n) is 3.26. The first-order valence-corrected chi connectivity index (χ1v) is 6.99. The van der Waals surface area contributed by atoms with Gasteiger partial charge in [-0.05, 0) is 54.7 Å². The number of hydrogen-bond donors (Lipinski definition) is 1. The zero-order valence-corrected chi connectivity index (χ0v) is 12.6. The van der Waals surface area contributed by atoms with E-state index < -0.39 is 0 Å². The molecule has 1 unspecified atom stereocenters. The van der Waals surface area contributed by atoms with Crippen molar-refractivity contribution in [2.24, 2.45) is 5.73 Å². The van der Waals surface area contributed by atoms with Crippen molar-refractivity contribution in [1.29, 1.82) is 0 Å². The van der Waals surface area contributed by atoms with Crippen LogP contribution in [0.1, 0.15) is 28.3 Å². The van der Waals surface area contributed by atoms with Crippen molar-refractivity contribution < 1.29 is 0 Å². The highest BCUT2D eigenvalue weighted by molar-refractivity contribution is 6.31. The van der Waals surface area contributed by atoms with Crippen molar-refractivity contribution in [2.75, 3.05) is 0 Å². The van der Waals surface area contributed by atoms with Crippen LogP contribution in [0.4, 0.5) is 0 Å². The fourth-order valence-corrected chi connectivity index (χ4v) is 2.50. The number of hydrogen-bond acceptors (Lipinski definition) is 1. The van der Waals surface area contributed by atoms with Gasteiger partial charge in [-0.3, -0.25) is 0 Å². The van der Waals surface area contributed by atoms with Gasteiger partial charge < -0.3 is 5.73 Å². The Morgan fingerprint density at radius 1 is 1.00 bits per heavy atom. The minimum Gasteiger partial charge on any atom is -0.324 e. The largest absolute Gasteiger partial charge is 0.324 e. The number of benzene rings is 2. The van der Waals surface area contributed by atoms with Gasteiger partial charge in [0, 0.05) is 16.1 Å². The van der Waals surface area contributed by atoms with Gasteiger partial charge in [-0.2, -0.15) is 0 Å². The standard InChI is InChI=1S/C16H17Cl2N/c1-10-3-4-12(15(18)7-10)9-16(19)13-5-6-14(17)11(2)8-13/h3-8,16H,9,19H2,1-2H3. The van der Waals surface area contributed by atoms with Gasteiger partial charge in [0.15, 0.2) is 0 Å². The van der Waals surface area contributed by atoms with E-state index in [0.29, 0.717) is 0 Å². The molecule has 0 amide bonds. The molecule has 19 heavy (non-hydrogen) atoms. The summed E-state index contributed by atoms with van der Waals surface area (Å²) in [6.45, 7) is 4.01. The van der Waals surface area contributed by atoms with Gasteiger partial charge in [0.25, 0.3) is 0 Å². The van der Waals surface area contributed by atoms with E-state index in [0.717, 1.165) is 38.7 Å². The molecule has 0 heterocycles. The summed E-state index contributed by atoms with van der Waals surface area (Å²) in [4.78, 5) is 0. The van der Waals surface area contributed by atoms with Gasteiger partial charge in [-0.1, -0.05) is 47.5 Å². The lowest BCUT2D eigenvalue weighted by Crippen LogP contribution is -2.13. The Kier molecular flexibility index (Phi) is 4.51. The maximum absolute atomic E-state index is 6.25. The maximum atomic E-state index is 6.25. The van der Waals surface area contributed by atoms with Gasteiger partial charge in [-0.15, -0.1) is 0 Å². The quantitative estimate of drug-likeness (QED) is 0.860. The van der Waals surface area contributed by atoms with Gasteiger partial charge in [0.05, 0.1) is 0 Å². The van der Waals surface area contributed by atoms with E-state index in [1.54, 1.807) is 0 Å². The molecule has 2 N–H and O–H groups in total. The highest BCUT2D eigenvalue weighted by Gasteiger charge is 2.10. The van der Waals surface area contributed by atoms with Gasteiger partial charge in [0.1, 0.15) is 0 Å². The number of aryl methyl sites for hydroxylation is 2. The lowest BCUT2D eigenvalue weighted by atomic mass is 9.98. The minimum absolute atomic E-state index is 0.0730. The van der Waals surface area contributed by atoms with Crippen LogP contribution in [0, 0.1) is 13.8 Å². The average Bonchev–Trinajstić information content (AvgIpc) is 2.36. The first kappa shape index (κ1) is 14.4. The van der Waals surface area contributed by atoms with Crippen molar-refractivity contribution in [3.05, 3.63) is 68.7 Å². The van der Waals surface area contributed by atoms with E-state index in [1.807, 2.05) is 44.2 Å². The van der Waals surface area contributed by atoms with E-state index in [4.69, 9.17) is 28.9 Å². The molecule has 2 aromatic rings. The van der Waals surface area contributed by atoms with E-state index in [2.05, 4.69) is 6.07 Å². The monoisotopic (exact) mass is 293 g/mol. The van der Waals surface area contributed by atoms with E-state index in [1.165, 1.54) is 0 Å². The molecule has 0 aromatic heterocycles. The third kappa shape index (κ3) is 3.50. The van der Waals surface area contributed by atoms with Crippen LogP contribution in [-0.4, -0.2) is 0 Å². The fourth-order valence-electron chi connectivity index (χ4n) is 2.07. The molecule has 2 aromatic carbocycles. The van der Waals surface area contributed by atoms with Crippen molar-refractivity contribution in [2.45, 2.75) is 26.3 Å². The average molecular weight is 294 g/mol. The SMILES string of the molecule is Cc1ccc(CC(N)c2ccc(Cl)c(C)c2)c(Cl)c1. The minimum atomic E-state index is -0.0730. The molecular formula is C16H17Cl2N. The first-order chi connectivity index (χ1) is 8.97. The Bertz CT molecular complexity index is 593. The Hall–Kier alpha value is -1.02. The van der Waals surface area contributed by atoms with Crippen LogP contribution in [0.3, 0.4) is 0 Å². The normalized spacial score (nSPS) is 12.5. The summed E-state index contributed by atoms with van der Waals surface area (Å²) >= 11 is 12.3. The lowest BCUT2D eigenvalue weighted by molar-refractivity contribution is 0.721. The summed E-state index contributed by atoms with van der Waals surface area (Å²) in [5.41, 5.74) is 10.6. The van der Waals surface area contributed by atoms with E-state index in [-0.39, 0.29) is 6.04 Å². The van der Waals surface area contributed by atoms with Crippen LogP contribution >= 0.6 is 23.2 Å². The summed E-state index contributed by atoms with van der Waals surface area (Å²) in [6, 6.07) is 11.9. The molecule has 0 fully saturated rings. The number of rotatable bonds is 3. The van der Waals surface area contributed by atoms with Gasteiger partial charge in [0.2, 0.25) is 0 Å². The zero-order valence-electron chi connectivity index (χ0n) is 11.1. The molecule has 1 nitrogen and oxygen atoms in total. The molecule has 0 aliphatic carbocycles. The molecule has 0 aliphatic heterocycles. The number of halogens is 2. The molecule has 0 spiro atoms. The second kappa shape index (κ2) is 5.96. The smallest absolute Gasteiger partial charge is 0.0441 e. The van der Waals surface area contributed by atoms with Gasteiger partial charge in [-0.25, -0.2) is 0 Å². The predicted octanol–water partition coefficient (Wildman–Crippen LogP) is 4.85. The Labute approximate surface area is 124 Å². The molecule has 100 valence electrons. The van der Waals surface area contributed by atoms with Crippen LogP contribution in [0.5, 0.6) is 0 Å². The zero-order chi connectivity index (χ0) is 14.0. The Balaban J connectivity index is 2.20. The highest BCUT2D eigenvalue weighted by atomic mass is 35.5. The molecule has 0 aliphatic rings. The van der Waals surface area contributed by atoms with E-state index in [9.17, 15) is 0 Å². The number of nitrogens with two attached hydrogens (primary N) is 1. The summed E-state index contributed by atoms with van der Waals surface area (Å²) in [5.74, 6) is 0. The molecular weight excluding hydrogens is 277 g/mol. The maximum Gasteiger partial charge on any atom is 0.0441 e. The van der Waals surface area contributed by atoms with Crippen LogP contribution in [0.2, 0.25) is 10.0 Å². The van der Waals surface area contributed by atoms with Crippen LogP contribution < -0.4 is 5.73 Å². The first-order valence-electron chi connectivity index (χ1n) is 6.24. The fraction of sp³-hybridized carbons (Fsp3) is 0.250. The molecule has 0 bridgehead atoms. The van der Waals surface area contributed by atoms with Crippen molar-refractivity contribution in [1.82, 2.24) is 0 Å². The molecule has 3 heteroatoms. The van der Waals surface area contributed by atoms with E-state index >= 15 is 0 Å². The summed E-state index contributed by atoms with van der Waals surface area (Å²) < 4.78 is 0. The lowest BCUT2D eigenvalue weighted by Gasteiger charge is -2.14. The second-order valence-corrected chi connectivity index (χ2v) is 5.73. The molecule has 0 saturated heterocycles. The predicted molar refractivity (Wildman–Crippen MR) is 83.0 cm³/mol. The Morgan fingerprint density at radius 2 is 1.74 bits per heavy atom. The van der Waals surface area contributed by atoms with Crippen LogP contribution in [0.15, 0.2) is 36.4 Å². The van der Waals surface area contributed by atoms with Crippen LogP contribution in [-0.2, 0) is 6.42 Å². The molecule has 2 rings (SSSR count).